The van der Waals surface area contributed by atoms with E-state index in [2.05, 4.69) is 68.2 Å². The first-order chi connectivity index (χ1) is 8.25. The van der Waals surface area contributed by atoms with Crippen LogP contribution in [0.4, 0.5) is 0 Å². The molecule has 0 saturated heterocycles. The molecule has 2 saturated carbocycles. The Morgan fingerprint density at radius 1 is 0.421 bits per heavy atom. The third kappa shape index (κ3) is 4.78. The zero-order chi connectivity index (χ0) is 14.0. The second-order valence-corrected chi connectivity index (χ2v) is 5.25. The van der Waals surface area contributed by atoms with Crippen molar-refractivity contribution in [3.63, 3.8) is 0 Å². The molecular formula is C18H24Mn. The standard InChI is InChI=1S/2C9H12.Mn/c2*1-6-5-7(2)9(4)8(6)3;/h2*1-4H3;. The van der Waals surface area contributed by atoms with Gasteiger partial charge in [-0.2, -0.15) is 0 Å². The van der Waals surface area contributed by atoms with Gasteiger partial charge in [0.2, 0.25) is 0 Å². The summed E-state index contributed by atoms with van der Waals surface area (Å²) in [5.74, 6) is 10.8. The third-order valence-corrected chi connectivity index (χ3v) is 4.12. The Balaban J connectivity index is 0.000000324. The van der Waals surface area contributed by atoms with Gasteiger partial charge >= 0.3 is 0 Å². The second kappa shape index (κ2) is 8.08. The van der Waals surface area contributed by atoms with Crippen LogP contribution >= 0.6 is 0 Å². The monoisotopic (exact) mass is 295 g/mol. The molecule has 0 unspecified atom stereocenters. The van der Waals surface area contributed by atoms with Crippen LogP contribution in [0.2, 0.25) is 0 Å². The van der Waals surface area contributed by atoms with E-state index in [1.54, 1.807) is 0 Å². The van der Waals surface area contributed by atoms with E-state index in [0.717, 1.165) is 0 Å². The predicted octanol–water partition coefficient (Wildman–Crippen LogP) is 4.92. The zero-order valence-electron chi connectivity index (χ0n) is 13.4. The van der Waals surface area contributed by atoms with Crippen LogP contribution in [0.5, 0.6) is 0 Å². The Hall–Kier alpha value is 0.519. The summed E-state index contributed by atoms with van der Waals surface area (Å²) >= 11 is 0. The Morgan fingerprint density at radius 3 is 0.632 bits per heavy atom. The molecule has 0 heterocycles. The number of rotatable bonds is 0. The SMILES string of the molecule is C[C]1[C][C](C)[C](C)[C]1C.C[C]1[C][C](C)[C](C)[C]1C.[Mn]. The average molecular weight is 295 g/mol. The first kappa shape index (κ1) is 19.5. The molecular weight excluding hydrogens is 271 g/mol. The van der Waals surface area contributed by atoms with Crippen LogP contribution in [0.3, 0.4) is 0 Å². The molecule has 2 aliphatic rings. The molecule has 0 amide bonds. The zero-order valence-corrected chi connectivity index (χ0v) is 14.6. The van der Waals surface area contributed by atoms with Gasteiger partial charge in [-0.3, -0.25) is 0 Å². The summed E-state index contributed by atoms with van der Waals surface area (Å²) in [6, 6.07) is 0. The van der Waals surface area contributed by atoms with E-state index in [1.807, 2.05) is 0 Å². The molecule has 19 heavy (non-hydrogen) atoms. The molecule has 0 N–H and O–H groups in total. The van der Waals surface area contributed by atoms with E-state index < -0.39 is 0 Å². The van der Waals surface area contributed by atoms with Crippen molar-refractivity contribution in [1.29, 1.82) is 0 Å². The minimum absolute atomic E-state index is 0. The Kier molecular flexibility index (Phi) is 8.30. The summed E-state index contributed by atoms with van der Waals surface area (Å²) in [6.07, 6.45) is 6.55. The van der Waals surface area contributed by atoms with Gasteiger partial charge in [0, 0.05) is 17.1 Å². The maximum atomic E-state index is 3.28. The topological polar surface area (TPSA) is 0 Å². The van der Waals surface area contributed by atoms with E-state index in [0.29, 0.717) is 0 Å². The molecule has 0 atom stereocenters. The van der Waals surface area contributed by atoms with Crippen LogP contribution in [-0.2, 0) is 17.1 Å². The van der Waals surface area contributed by atoms with Crippen molar-refractivity contribution < 1.29 is 17.1 Å². The number of hydrogen-bond donors (Lipinski definition) is 0. The Morgan fingerprint density at radius 2 is 0.579 bits per heavy atom. The van der Waals surface area contributed by atoms with Gasteiger partial charge in [-0.05, 0) is 60.2 Å². The molecule has 0 aromatic carbocycles. The number of hydrogen-bond acceptors (Lipinski definition) is 0. The summed E-state index contributed by atoms with van der Waals surface area (Å²) in [5.41, 5.74) is 0. The third-order valence-electron chi connectivity index (χ3n) is 4.12. The van der Waals surface area contributed by atoms with Gasteiger partial charge in [0.1, 0.15) is 0 Å². The minimum atomic E-state index is 0. The van der Waals surface area contributed by atoms with E-state index >= 15 is 0 Å². The molecule has 0 aromatic rings. The first-order valence-electron chi connectivity index (χ1n) is 6.50. The summed E-state index contributed by atoms with van der Waals surface area (Å²) in [4.78, 5) is 0. The minimum Gasteiger partial charge on any atom is -0.0579 e. The molecule has 0 bridgehead atoms. The molecule has 13 radical (unpaired) electrons. The summed E-state index contributed by atoms with van der Waals surface area (Å²) < 4.78 is 0. The summed E-state index contributed by atoms with van der Waals surface area (Å²) in [5, 5.41) is 0. The van der Waals surface area contributed by atoms with E-state index in [4.69, 9.17) is 0 Å². The van der Waals surface area contributed by atoms with E-state index in [9.17, 15) is 0 Å². The van der Waals surface area contributed by atoms with Crippen molar-refractivity contribution in [2.45, 2.75) is 55.4 Å². The summed E-state index contributed by atoms with van der Waals surface area (Å²) in [6.45, 7) is 17.0. The van der Waals surface area contributed by atoms with Crippen LogP contribution < -0.4 is 0 Å². The smallest absolute Gasteiger partial charge is 0 e. The van der Waals surface area contributed by atoms with Gasteiger partial charge in [-0.15, -0.1) is 0 Å². The first-order valence-corrected chi connectivity index (χ1v) is 6.50. The fourth-order valence-electron chi connectivity index (χ4n) is 2.06. The second-order valence-electron chi connectivity index (χ2n) is 5.25. The van der Waals surface area contributed by atoms with Gasteiger partial charge < -0.3 is 0 Å². The van der Waals surface area contributed by atoms with Crippen LogP contribution in [0.15, 0.2) is 0 Å². The molecule has 2 aliphatic carbocycles. The van der Waals surface area contributed by atoms with Crippen molar-refractivity contribution in [2.24, 2.45) is 0 Å². The Bertz CT molecular complexity index is 200. The fraction of sp³-hybridized carbons (Fsp3) is 0.444. The predicted molar refractivity (Wildman–Crippen MR) is 77.8 cm³/mol. The van der Waals surface area contributed by atoms with Crippen molar-refractivity contribution in [2.75, 3.05) is 0 Å². The maximum absolute atomic E-state index is 3.28. The normalized spacial score (nSPS) is 26.5. The van der Waals surface area contributed by atoms with Crippen molar-refractivity contribution in [1.82, 2.24) is 0 Å². The van der Waals surface area contributed by atoms with E-state index in [-0.39, 0.29) is 17.1 Å². The van der Waals surface area contributed by atoms with Crippen LogP contribution in [0.1, 0.15) is 55.4 Å². The molecule has 2 rings (SSSR count). The maximum Gasteiger partial charge on any atom is 0 e. The molecule has 0 nitrogen and oxygen atoms in total. The van der Waals surface area contributed by atoms with Gasteiger partial charge in [0.25, 0.3) is 0 Å². The quantitative estimate of drug-likeness (QED) is 0.557. The molecule has 103 valence electrons. The van der Waals surface area contributed by atoms with E-state index in [1.165, 1.54) is 47.3 Å². The van der Waals surface area contributed by atoms with Gasteiger partial charge in [-0.1, -0.05) is 55.4 Å². The molecule has 1 heteroatoms. The summed E-state index contributed by atoms with van der Waals surface area (Å²) in [7, 11) is 0. The van der Waals surface area contributed by atoms with Crippen LogP contribution in [-0.4, -0.2) is 0 Å². The average Bonchev–Trinajstić information content (AvgIpc) is 2.66. The van der Waals surface area contributed by atoms with Gasteiger partial charge in [-0.25, -0.2) is 0 Å². The molecule has 0 spiro atoms. The molecule has 0 aliphatic heterocycles. The molecule has 2 fully saturated rings. The van der Waals surface area contributed by atoms with Gasteiger partial charge in [0.15, 0.2) is 0 Å². The van der Waals surface area contributed by atoms with Crippen molar-refractivity contribution in [3.05, 3.63) is 60.2 Å². The fourth-order valence-corrected chi connectivity index (χ4v) is 2.06. The van der Waals surface area contributed by atoms with Crippen molar-refractivity contribution in [3.8, 4) is 0 Å². The van der Waals surface area contributed by atoms with Gasteiger partial charge in [0.05, 0.1) is 0 Å². The van der Waals surface area contributed by atoms with Crippen LogP contribution in [0, 0.1) is 60.2 Å². The van der Waals surface area contributed by atoms with Crippen LogP contribution in [0.25, 0.3) is 0 Å². The Labute approximate surface area is 133 Å². The molecule has 0 aromatic heterocycles. The largest absolute Gasteiger partial charge is 0.0579 e. The van der Waals surface area contributed by atoms with Crippen molar-refractivity contribution >= 4 is 0 Å².